The number of nitrogens with zero attached hydrogens (tertiary/aromatic N) is 1. The van der Waals surface area contributed by atoms with Gasteiger partial charge in [-0.3, -0.25) is 0 Å². The van der Waals surface area contributed by atoms with E-state index in [0.29, 0.717) is 12.0 Å². The highest BCUT2D eigenvalue weighted by Gasteiger charge is 2.15. The molecular weight excluding hydrogens is 236 g/mol. The van der Waals surface area contributed by atoms with Gasteiger partial charge in [-0.2, -0.15) is 0 Å². The van der Waals surface area contributed by atoms with Gasteiger partial charge in [0.1, 0.15) is 0 Å². The zero-order valence-corrected chi connectivity index (χ0v) is 10.4. The summed E-state index contributed by atoms with van der Waals surface area (Å²) in [6.07, 6.45) is 3.40. The van der Waals surface area contributed by atoms with Gasteiger partial charge >= 0.3 is 6.03 Å². The molecule has 5 heteroatoms. The normalized spacial score (nSPS) is 15.7. The number of anilines is 1. The van der Waals surface area contributed by atoms with E-state index >= 15 is 0 Å². The van der Waals surface area contributed by atoms with Crippen molar-refractivity contribution in [1.29, 1.82) is 0 Å². The number of nitrogens with one attached hydrogen (secondary N) is 1. The Balaban J connectivity index is 1.92. The third-order valence-electron chi connectivity index (χ3n) is 2.85. The fraction of sp³-hybridized carbons (Fsp3) is 0.417. The summed E-state index contributed by atoms with van der Waals surface area (Å²) in [6.45, 7) is 1.69. The lowest BCUT2D eigenvalue weighted by molar-refractivity contribution is 0.200. The largest absolute Gasteiger partial charge is 0.325 e. The standard InChI is InChI=1S/C12H16N2O2S/c15-12(14-8-2-1-3-9-14)13-10-4-6-11(17-16)7-5-10/h4-7,16H,1-3,8-9H2,(H,13,15). The SMILES string of the molecule is O=C(Nc1ccc(SO)cc1)N1CCCCC1. The van der Waals surface area contributed by atoms with Crippen LogP contribution in [-0.2, 0) is 0 Å². The number of amides is 2. The minimum absolute atomic E-state index is 0.0332. The summed E-state index contributed by atoms with van der Waals surface area (Å²) >= 11 is 0.701. The molecule has 1 heterocycles. The molecule has 2 rings (SSSR count). The molecule has 2 N–H and O–H groups in total. The van der Waals surface area contributed by atoms with Crippen LogP contribution in [0.25, 0.3) is 0 Å². The predicted molar refractivity (Wildman–Crippen MR) is 69.4 cm³/mol. The van der Waals surface area contributed by atoms with Crippen molar-refractivity contribution in [2.45, 2.75) is 24.2 Å². The molecule has 0 aromatic heterocycles. The van der Waals surface area contributed by atoms with E-state index in [9.17, 15) is 4.79 Å². The van der Waals surface area contributed by atoms with Gasteiger partial charge in [0.2, 0.25) is 0 Å². The smallest absolute Gasteiger partial charge is 0.321 e. The van der Waals surface area contributed by atoms with E-state index in [2.05, 4.69) is 5.32 Å². The van der Waals surface area contributed by atoms with Gasteiger partial charge in [-0.1, -0.05) is 0 Å². The molecule has 0 spiro atoms. The number of hydrogen-bond acceptors (Lipinski definition) is 3. The maximum absolute atomic E-state index is 11.9. The first-order chi connectivity index (χ1) is 8.29. The molecule has 0 aliphatic carbocycles. The van der Waals surface area contributed by atoms with Gasteiger partial charge in [0.05, 0.1) is 0 Å². The lowest BCUT2D eigenvalue weighted by Gasteiger charge is -2.26. The summed E-state index contributed by atoms with van der Waals surface area (Å²) in [5, 5.41) is 2.86. The van der Waals surface area contributed by atoms with E-state index in [0.717, 1.165) is 36.5 Å². The third kappa shape index (κ3) is 3.38. The summed E-state index contributed by atoms with van der Waals surface area (Å²) in [4.78, 5) is 14.5. The lowest BCUT2D eigenvalue weighted by atomic mass is 10.1. The molecule has 4 nitrogen and oxygen atoms in total. The van der Waals surface area contributed by atoms with Crippen LogP contribution in [0.2, 0.25) is 0 Å². The number of hydrogen-bond donors (Lipinski definition) is 2. The van der Waals surface area contributed by atoms with E-state index in [1.165, 1.54) is 6.42 Å². The Morgan fingerprint density at radius 3 is 2.41 bits per heavy atom. The Kier molecular flexibility index (Phi) is 4.28. The molecule has 92 valence electrons. The number of piperidine rings is 1. The Morgan fingerprint density at radius 2 is 1.82 bits per heavy atom. The second-order valence-electron chi connectivity index (χ2n) is 4.09. The van der Waals surface area contributed by atoms with Crippen molar-refractivity contribution in [3.63, 3.8) is 0 Å². The topological polar surface area (TPSA) is 52.6 Å². The molecule has 1 fully saturated rings. The fourth-order valence-electron chi connectivity index (χ4n) is 1.90. The molecule has 0 saturated carbocycles. The van der Waals surface area contributed by atoms with E-state index in [1.54, 1.807) is 24.3 Å². The number of rotatable bonds is 2. The average Bonchev–Trinajstić information content (AvgIpc) is 2.40. The molecule has 0 unspecified atom stereocenters. The highest BCUT2D eigenvalue weighted by molar-refractivity contribution is 7.93. The van der Waals surface area contributed by atoms with Crippen LogP contribution >= 0.6 is 12.0 Å². The van der Waals surface area contributed by atoms with Gasteiger partial charge < -0.3 is 14.8 Å². The van der Waals surface area contributed by atoms with Gasteiger partial charge in [-0.15, -0.1) is 0 Å². The molecule has 0 atom stereocenters. The Morgan fingerprint density at radius 1 is 1.18 bits per heavy atom. The Bertz CT molecular complexity index is 375. The predicted octanol–water partition coefficient (Wildman–Crippen LogP) is 3.27. The van der Waals surface area contributed by atoms with Gasteiger partial charge in [0, 0.05) is 35.7 Å². The Labute approximate surface area is 105 Å². The van der Waals surface area contributed by atoms with Gasteiger partial charge in [0.25, 0.3) is 0 Å². The molecule has 0 radical (unpaired) electrons. The Hall–Kier alpha value is -1.20. The quantitative estimate of drug-likeness (QED) is 0.794. The highest BCUT2D eigenvalue weighted by Crippen LogP contribution is 2.18. The van der Waals surface area contributed by atoms with Crippen molar-refractivity contribution < 1.29 is 9.35 Å². The van der Waals surface area contributed by atoms with Gasteiger partial charge in [-0.25, -0.2) is 4.79 Å². The number of likely N-dealkylation sites (tertiary alicyclic amines) is 1. The van der Waals surface area contributed by atoms with Crippen LogP contribution in [0.15, 0.2) is 29.2 Å². The molecule has 1 aromatic carbocycles. The summed E-state index contributed by atoms with van der Waals surface area (Å²) in [5.74, 6) is 0. The molecule has 17 heavy (non-hydrogen) atoms. The summed E-state index contributed by atoms with van der Waals surface area (Å²) < 4.78 is 8.84. The van der Waals surface area contributed by atoms with Crippen LogP contribution < -0.4 is 5.32 Å². The van der Waals surface area contributed by atoms with Crippen molar-refractivity contribution >= 4 is 23.8 Å². The molecule has 2 amide bonds. The average molecular weight is 252 g/mol. The first kappa shape index (κ1) is 12.3. The maximum atomic E-state index is 11.9. The first-order valence-corrected chi connectivity index (χ1v) is 6.54. The minimum atomic E-state index is -0.0332. The highest BCUT2D eigenvalue weighted by atomic mass is 32.2. The summed E-state index contributed by atoms with van der Waals surface area (Å²) in [7, 11) is 0. The third-order valence-corrected chi connectivity index (χ3v) is 3.34. The fourth-order valence-corrected chi connectivity index (χ4v) is 2.16. The summed E-state index contributed by atoms with van der Waals surface area (Å²) in [6, 6.07) is 7.10. The van der Waals surface area contributed by atoms with Gasteiger partial charge in [0.15, 0.2) is 0 Å². The van der Waals surface area contributed by atoms with Crippen molar-refractivity contribution in [1.82, 2.24) is 4.90 Å². The number of carbonyl (C=O) groups is 1. The first-order valence-electron chi connectivity index (χ1n) is 5.77. The van der Waals surface area contributed by atoms with E-state index in [-0.39, 0.29) is 6.03 Å². The number of urea groups is 1. The van der Waals surface area contributed by atoms with E-state index in [1.807, 2.05) is 4.90 Å². The van der Waals surface area contributed by atoms with Gasteiger partial charge in [-0.05, 0) is 43.5 Å². The van der Waals surface area contributed by atoms with E-state index < -0.39 is 0 Å². The molecule has 1 aliphatic heterocycles. The maximum Gasteiger partial charge on any atom is 0.321 e. The minimum Gasteiger partial charge on any atom is -0.325 e. The second-order valence-corrected chi connectivity index (χ2v) is 4.75. The molecule has 0 bridgehead atoms. The number of benzene rings is 1. The van der Waals surface area contributed by atoms with Crippen LogP contribution in [0, 0.1) is 0 Å². The van der Waals surface area contributed by atoms with E-state index in [4.69, 9.17) is 4.55 Å². The van der Waals surface area contributed by atoms with Crippen LogP contribution in [-0.4, -0.2) is 28.6 Å². The second kappa shape index (κ2) is 5.93. The molecule has 1 aromatic rings. The number of carbonyl (C=O) groups excluding carboxylic acids is 1. The lowest BCUT2D eigenvalue weighted by Crippen LogP contribution is -2.38. The zero-order valence-electron chi connectivity index (χ0n) is 9.56. The molecular formula is C12H16N2O2S. The monoisotopic (exact) mass is 252 g/mol. The van der Waals surface area contributed by atoms with Crippen LogP contribution in [0.5, 0.6) is 0 Å². The molecule has 1 saturated heterocycles. The van der Waals surface area contributed by atoms with Crippen molar-refractivity contribution in [2.75, 3.05) is 18.4 Å². The van der Waals surface area contributed by atoms with Crippen molar-refractivity contribution in [2.24, 2.45) is 0 Å². The molecule has 1 aliphatic rings. The zero-order chi connectivity index (χ0) is 12.1. The van der Waals surface area contributed by atoms with Crippen LogP contribution in [0.3, 0.4) is 0 Å². The summed E-state index contributed by atoms with van der Waals surface area (Å²) in [5.41, 5.74) is 0.762. The van der Waals surface area contributed by atoms with Crippen molar-refractivity contribution in [3.05, 3.63) is 24.3 Å². The van der Waals surface area contributed by atoms with Crippen LogP contribution in [0.1, 0.15) is 19.3 Å². The van der Waals surface area contributed by atoms with Crippen molar-refractivity contribution in [3.8, 4) is 0 Å². The van der Waals surface area contributed by atoms with Crippen LogP contribution in [0.4, 0.5) is 10.5 Å².